The lowest BCUT2D eigenvalue weighted by Gasteiger charge is -2.22. The number of primary sulfonamides is 1. The number of benzene rings is 1. The van der Waals surface area contributed by atoms with Gasteiger partial charge in [0.2, 0.25) is 15.9 Å². The summed E-state index contributed by atoms with van der Waals surface area (Å²) in [7, 11) is -2.39. The standard InChI is InChI=1S/C13H19N3O4S/c1-13(5-6-15-8-13)12(17)16-10-7-9(21(14,18)19)3-4-11(10)20-2/h3-4,7,15H,5-6,8H2,1-2H3,(H,16,17)(H2,14,18,19). The lowest BCUT2D eigenvalue weighted by atomic mass is 9.88. The quantitative estimate of drug-likeness (QED) is 0.739. The number of hydrogen-bond donors (Lipinski definition) is 3. The molecular weight excluding hydrogens is 294 g/mol. The van der Waals surface area contributed by atoms with E-state index in [1.54, 1.807) is 0 Å². The monoisotopic (exact) mass is 313 g/mol. The predicted octanol–water partition coefficient (Wildman–Crippen LogP) is 0.281. The second-order valence-electron chi connectivity index (χ2n) is 5.35. The first kappa shape index (κ1) is 15.7. The molecule has 1 saturated heterocycles. The number of rotatable bonds is 4. The van der Waals surface area contributed by atoms with Crippen molar-refractivity contribution in [2.75, 3.05) is 25.5 Å². The van der Waals surface area contributed by atoms with Gasteiger partial charge < -0.3 is 15.4 Å². The molecular formula is C13H19N3O4S. The van der Waals surface area contributed by atoms with E-state index in [4.69, 9.17) is 9.88 Å². The van der Waals surface area contributed by atoms with E-state index < -0.39 is 15.4 Å². The van der Waals surface area contributed by atoms with Gasteiger partial charge in [0.15, 0.2) is 0 Å². The molecule has 4 N–H and O–H groups in total. The molecule has 1 amide bonds. The minimum absolute atomic E-state index is 0.0756. The Bertz CT molecular complexity index is 651. The van der Waals surface area contributed by atoms with Gasteiger partial charge in [-0.25, -0.2) is 13.6 Å². The fourth-order valence-corrected chi connectivity index (χ4v) is 2.79. The van der Waals surface area contributed by atoms with E-state index in [2.05, 4.69) is 10.6 Å². The third-order valence-electron chi connectivity index (χ3n) is 3.66. The number of carbonyl (C=O) groups is 1. The number of nitrogens with two attached hydrogens (primary N) is 1. The van der Waals surface area contributed by atoms with E-state index in [1.807, 2.05) is 6.92 Å². The fourth-order valence-electron chi connectivity index (χ4n) is 2.25. The molecule has 0 aromatic heterocycles. The lowest BCUT2D eigenvalue weighted by molar-refractivity contribution is -0.123. The molecule has 1 aromatic rings. The maximum absolute atomic E-state index is 12.4. The third kappa shape index (κ3) is 3.34. The van der Waals surface area contributed by atoms with Gasteiger partial charge in [-0.15, -0.1) is 0 Å². The average Bonchev–Trinajstić information content (AvgIpc) is 2.86. The summed E-state index contributed by atoms with van der Waals surface area (Å²) in [6, 6.07) is 4.10. The summed E-state index contributed by atoms with van der Waals surface area (Å²) in [5.74, 6) is 0.197. The van der Waals surface area contributed by atoms with E-state index in [1.165, 1.54) is 25.3 Å². The van der Waals surface area contributed by atoms with Crippen molar-refractivity contribution in [3.63, 3.8) is 0 Å². The summed E-state index contributed by atoms with van der Waals surface area (Å²) in [4.78, 5) is 12.3. The van der Waals surface area contributed by atoms with E-state index in [0.717, 1.165) is 13.0 Å². The molecule has 0 radical (unpaired) electrons. The van der Waals surface area contributed by atoms with Crippen molar-refractivity contribution in [2.24, 2.45) is 10.6 Å². The van der Waals surface area contributed by atoms with Crippen molar-refractivity contribution in [3.05, 3.63) is 18.2 Å². The van der Waals surface area contributed by atoms with Crippen molar-refractivity contribution in [1.82, 2.24) is 5.32 Å². The van der Waals surface area contributed by atoms with Gasteiger partial charge in [-0.3, -0.25) is 4.79 Å². The molecule has 21 heavy (non-hydrogen) atoms. The molecule has 8 heteroatoms. The van der Waals surface area contributed by atoms with E-state index in [0.29, 0.717) is 18.0 Å². The van der Waals surface area contributed by atoms with Crippen LogP contribution >= 0.6 is 0 Å². The molecule has 2 rings (SSSR count). The normalized spacial score (nSPS) is 22.0. The van der Waals surface area contributed by atoms with Crippen LogP contribution in [0, 0.1) is 5.41 Å². The van der Waals surface area contributed by atoms with Crippen LogP contribution in [0.3, 0.4) is 0 Å². The highest BCUT2D eigenvalue weighted by Crippen LogP contribution is 2.31. The number of nitrogens with one attached hydrogen (secondary N) is 2. The molecule has 1 aromatic carbocycles. The van der Waals surface area contributed by atoms with E-state index in [9.17, 15) is 13.2 Å². The van der Waals surface area contributed by atoms with Crippen LogP contribution in [0.5, 0.6) is 5.75 Å². The van der Waals surface area contributed by atoms with Gasteiger partial charge in [0, 0.05) is 6.54 Å². The number of sulfonamides is 1. The average molecular weight is 313 g/mol. The lowest BCUT2D eigenvalue weighted by Crippen LogP contribution is -2.35. The largest absolute Gasteiger partial charge is 0.495 e. The first-order valence-corrected chi connectivity index (χ1v) is 8.04. The molecule has 0 spiro atoms. The summed E-state index contributed by atoms with van der Waals surface area (Å²) in [5, 5.41) is 11.0. The third-order valence-corrected chi connectivity index (χ3v) is 4.58. The molecule has 116 valence electrons. The second kappa shape index (κ2) is 5.63. The maximum atomic E-state index is 12.4. The highest BCUT2D eigenvalue weighted by Gasteiger charge is 2.36. The SMILES string of the molecule is COc1ccc(S(N)(=O)=O)cc1NC(=O)C1(C)CCNC1. The van der Waals surface area contributed by atoms with Crippen LogP contribution in [0.4, 0.5) is 5.69 Å². The molecule has 1 heterocycles. The summed E-state index contributed by atoms with van der Waals surface area (Å²) in [6.45, 7) is 3.21. The van der Waals surface area contributed by atoms with Crippen LogP contribution in [0.25, 0.3) is 0 Å². The zero-order valence-electron chi connectivity index (χ0n) is 12.0. The Morgan fingerprint density at radius 3 is 2.71 bits per heavy atom. The summed E-state index contributed by atoms with van der Waals surface area (Å²) in [6.07, 6.45) is 0.718. The molecule has 7 nitrogen and oxygen atoms in total. The Labute approximate surface area is 123 Å². The summed E-state index contributed by atoms with van der Waals surface area (Å²) >= 11 is 0. The van der Waals surface area contributed by atoms with Crippen molar-refractivity contribution < 1.29 is 17.9 Å². The van der Waals surface area contributed by atoms with Crippen molar-refractivity contribution in [2.45, 2.75) is 18.2 Å². The number of ether oxygens (including phenoxy) is 1. The Morgan fingerprint density at radius 1 is 1.48 bits per heavy atom. The highest BCUT2D eigenvalue weighted by molar-refractivity contribution is 7.89. The molecule has 0 saturated carbocycles. The minimum atomic E-state index is -3.84. The Kier molecular flexibility index (Phi) is 4.22. The molecule has 1 aliphatic heterocycles. The van der Waals surface area contributed by atoms with E-state index in [-0.39, 0.29) is 10.8 Å². The first-order chi connectivity index (χ1) is 9.76. The van der Waals surface area contributed by atoms with Gasteiger partial charge >= 0.3 is 0 Å². The van der Waals surface area contributed by atoms with Crippen molar-refractivity contribution in [1.29, 1.82) is 0 Å². The summed E-state index contributed by atoms with van der Waals surface area (Å²) in [5.41, 5.74) is -0.232. The minimum Gasteiger partial charge on any atom is -0.495 e. The fraction of sp³-hybridized carbons (Fsp3) is 0.462. The number of hydrogen-bond acceptors (Lipinski definition) is 5. The van der Waals surface area contributed by atoms with Gasteiger partial charge in [-0.1, -0.05) is 0 Å². The number of carbonyl (C=O) groups excluding carboxylic acids is 1. The molecule has 1 fully saturated rings. The van der Waals surface area contributed by atoms with Crippen LogP contribution in [0.2, 0.25) is 0 Å². The first-order valence-electron chi connectivity index (χ1n) is 6.49. The van der Waals surface area contributed by atoms with Gasteiger partial charge in [-0.05, 0) is 38.1 Å². The second-order valence-corrected chi connectivity index (χ2v) is 6.91. The zero-order chi connectivity index (χ0) is 15.7. The van der Waals surface area contributed by atoms with Crippen molar-refractivity contribution >= 4 is 21.6 Å². The predicted molar refractivity (Wildman–Crippen MR) is 78.6 cm³/mol. The molecule has 0 aliphatic carbocycles. The van der Waals surface area contributed by atoms with Gasteiger partial charge in [-0.2, -0.15) is 0 Å². The van der Waals surface area contributed by atoms with Crippen LogP contribution in [0.1, 0.15) is 13.3 Å². The zero-order valence-corrected chi connectivity index (χ0v) is 12.8. The maximum Gasteiger partial charge on any atom is 0.238 e. The van der Waals surface area contributed by atoms with Crippen LogP contribution < -0.4 is 20.5 Å². The molecule has 1 atom stereocenters. The highest BCUT2D eigenvalue weighted by atomic mass is 32.2. The van der Waals surface area contributed by atoms with Gasteiger partial charge in [0.1, 0.15) is 5.75 Å². The molecule has 1 aliphatic rings. The van der Waals surface area contributed by atoms with Crippen LogP contribution in [-0.2, 0) is 14.8 Å². The van der Waals surface area contributed by atoms with Crippen LogP contribution in [0.15, 0.2) is 23.1 Å². The Morgan fingerprint density at radius 2 is 2.19 bits per heavy atom. The summed E-state index contributed by atoms with van der Waals surface area (Å²) < 4.78 is 28.0. The number of methoxy groups -OCH3 is 1. The van der Waals surface area contributed by atoms with Gasteiger partial charge in [0.05, 0.1) is 23.1 Å². The smallest absolute Gasteiger partial charge is 0.238 e. The molecule has 0 bridgehead atoms. The Hall–Kier alpha value is -1.64. The molecule has 1 unspecified atom stereocenters. The van der Waals surface area contributed by atoms with Gasteiger partial charge in [0.25, 0.3) is 0 Å². The number of anilines is 1. The topological polar surface area (TPSA) is 111 Å². The number of amides is 1. The van der Waals surface area contributed by atoms with Crippen LogP contribution in [-0.4, -0.2) is 34.5 Å². The Balaban J connectivity index is 2.31. The van der Waals surface area contributed by atoms with Crippen molar-refractivity contribution in [3.8, 4) is 5.75 Å². The van der Waals surface area contributed by atoms with E-state index >= 15 is 0 Å².